The number of hydrogen-bond donors (Lipinski definition) is 0. The molecule has 0 fully saturated rings. The summed E-state index contributed by atoms with van der Waals surface area (Å²) in [6.07, 6.45) is -1.98. The van der Waals surface area contributed by atoms with Crippen molar-refractivity contribution in [2.24, 2.45) is 0 Å². The van der Waals surface area contributed by atoms with Gasteiger partial charge >= 0.3 is 6.36 Å². The number of ketones is 1. The van der Waals surface area contributed by atoms with E-state index in [9.17, 15) is 18.0 Å². The summed E-state index contributed by atoms with van der Waals surface area (Å²) < 4.78 is 40.2. The molecule has 2 rings (SSSR count). The van der Waals surface area contributed by atoms with Crippen molar-refractivity contribution in [3.63, 3.8) is 0 Å². The molecule has 0 heterocycles. The first-order chi connectivity index (χ1) is 9.94. The molecule has 0 saturated carbocycles. The van der Waals surface area contributed by atoms with Crippen molar-refractivity contribution in [2.75, 3.05) is 0 Å². The van der Waals surface area contributed by atoms with Crippen molar-refractivity contribution < 1.29 is 22.7 Å². The molecule has 0 N–H and O–H groups in total. The van der Waals surface area contributed by atoms with Gasteiger partial charge in [-0.1, -0.05) is 48.5 Å². The van der Waals surface area contributed by atoms with Crippen LogP contribution in [0.5, 0.6) is 5.75 Å². The molecule has 0 radical (unpaired) electrons. The first-order valence-corrected chi connectivity index (χ1v) is 6.07. The third-order valence-electron chi connectivity index (χ3n) is 2.58. The fourth-order valence-electron chi connectivity index (χ4n) is 1.69. The Morgan fingerprint density at radius 3 is 2.38 bits per heavy atom. The predicted molar refractivity (Wildman–Crippen MR) is 72.9 cm³/mol. The smallest absolute Gasteiger partial charge is 0.406 e. The van der Waals surface area contributed by atoms with Gasteiger partial charge in [-0.3, -0.25) is 4.79 Å². The molecule has 2 aromatic carbocycles. The van der Waals surface area contributed by atoms with E-state index >= 15 is 0 Å². The summed E-state index contributed by atoms with van der Waals surface area (Å²) in [7, 11) is 0. The van der Waals surface area contributed by atoms with Gasteiger partial charge in [-0.25, -0.2) is 0 Å². The van der Waals surface area contributed by atoms with Gasteiger partial charge in [0, 0.05) is 5.56 Å². The zero-order chi connectivity index (χ0) is 15.3. The molecule has 5 heteroatoms. The number of carbonyl (C=O) groups excluding carboxylic acids is 1. The first-order valence-electron chi connectivity index (χ1n) is 6.07. The van der Waals surface area contributed by atoms with E-state index < -0.39 is 6.36 Å². The van der Waals surface area contributed by atoms with E-state index in [-0.39, 0.29) is 11.5 Å². The third-order valence-corrected chi connectivity index (χ3v) is 2.58. The molecule has 0 unspecified atom stereocenters. The van der Waals surface area contributed by atoms with Gasteiger partial charge in [-0.15, -0.1) is 13.2 Å². The number of allylic oxidation sites excluding steroid dienone is 1. The number of hydrogen-bond acceptors (Lipinski definition) is 2. The fraction of sp³-hybridized carbons (Fsp3) is 0.0625. The lowest BCUT2D eigenvalue weighted by atomic mass is 10.1. The molecule has 0 aliphatic heterocycles. The molecule has 0 aliphatic rings. The second kappa shape index (κ2) is 6.26. The number of rotatable bonds is 4. The van der Waals surface area contributed by atoms with E-state index in [0.717, 1.165) is 0 Å². The molecule has 2 nitrogen and oxygen atoms in total. The van der Waals surface area contributed by atoms with Crippen LogP contribution in [0.15, 0.2) is 60.7 Å². The lowest BCUT2D eigenvalue weighted by molar-refractivity contribution is -0.274. The van der Waals surface area contributed by atoms with Crippen molar-refractivity contribution >= 4 is 11.9 Å². The highest BCUT2D eigenvalue weighted by Gasteiger charge is 2.30. The van der Waals surface area contributed by atoms with Crippen molar-refractivity contribution in [1.82, 2.24) is 0 Å². The van der Waals surface area contributed by atoms with Gasteiger partial charge < -0.3 is 4.74 Å². The summed E-state index contributed by atoms with van der Waals surface area (Å²) in [5.74, 6) is -0.547. The molecule has 0 bridgehead atoms. The van der Waals surface area contributed by atoms with Crippen molar-refractivity contribution in [3.8, 4) is 5.75 Å². The van der Waals surface area contributed by atoms with Crippen LogP contribution in [0.25, 0.3) is 6.08 Å². The van der Waals surface area contributed by atoms with Gasteiger partial charge in [-0.2, -0.15) is 0 Å². The molecule has 0 spiro atoms. The van der Waals surface area contributed by atoms with Crippen molar-refractivity contribution in [2.45, 2.75) is 6.36 Å². The quantitative estimate of drug-likeness (QED) is 0.613. The van der Waals surface area contributed by atoms with Gasteiger partial charge in [0.2, 0.25) is 0 Å². The number of benzene rings is 2. The minimum absolute atomic E-state index is 0.224. The Hall–Kier alpha value is -2.56. The SMILES string of the molecule is O=C(/C=C/c1cccc(OC(F)(F)F)c1)c1ccccc1. The van der Waals surface area contributed by atoms with Gasteiger partial charge in [0.15, 0.2) is 5.78 Å². The van der Waals surface area contributed by atoms with E-state index in [1.807, 2.05) is 0 Å². The highest BCUT2D eigenvalue weighted by Crippen LogP contribution is 2.23. The Balaban J connectivity index is 2.11. The van der Waals surface area contributed by atoms with Gasteiger partial charge in [0.25, 0.3) is 0 Å². The molecule has 0 amide bonds. The Morgan fingerprint density at radius 1 is 1.00 bits per heavy atom. The Kier molecular flexibility index (Phi) is 4.42. The fourth-order valence-corrected chi connectivity index (χ4v) is 1.69. The Bertz CT molecular complexity index is 646. The third kappa shape index (κ3) is 4.80. The largest absolute Gasteiger partial charge is 0.573 e. The maximum Gasteiger partial charge on any atom is 0.573 e. The maximum atomic E-state index is 12.1. The van der Waals surface area contributed by atoms with E-state index in [1.165, 1.54) is 30.4 Å². The zero-order valence-electron chi connectivity index (χ0n) is 10.8. The number of ether oxygens (including phenoxy) is 1. The maximum absolute atomic E-state index is 12.1. The molecule has 0 atom stereocenters. The van der Waals surface area contributed by atoms with E-state index in [0.29, 0.717) is 11.1 Å². The summed E-state index contributed by atoms with van der Waals surface area (Å²) >= 11 is 0. The van der Waals surface area contributed by atoms with Crippen LogP contribution in [0.2, 0.25) is 0 Å². The van der Waals surface area contributed by atoms with Crippen molar-refractivity contribution in [1.29, 1.82) is 0 Å². The number of alkyl halides is 3. The average molecular weight is 292 g/mol. The molecule has 0 aliphatic carbocycles. The minimum Gasteiger partial charge on any atom is -0.406 e. The van der Waals surface area contributed by atoms with Crippen LogP contribution in [0.4, 0.5) is 13.2 Å². The summed E-state index contributed by atoms with van der Waals surface area (Å²) in [4.78, 5) is 11.8. The summed E-state index contributed by atoms with van der Waals surface area (Å²) in [5.41, 5.74) is 0.956. The van der Waals surface area contributed by atoms with Crippen molar-refractivity contribution in [3.05, 3.63) is 71.8 Å². The number of carbonyl (C=O) groups is 1. The molecule has 0 aromatic heterocycles. The molecule has 2 aromatic rings. The van der Waals surface area contributed by atoms with E-state index in [1.54, 1.807) is 36.4 Å². The lowest BCUT2D eigenvalue weighted by Gasteiger charge is -2.08. The summed E-state index contributed by atoms with van der Waals surface area (Å²) in [6.45, 7) is 0. The van der Waals surface area contributed by atoms with Crippen LogP contribution in [0, 0.1) is 0 Å². The van der Waals surface area contributed by atoms with Crippen LogP contribution >= 0.6 is 0 Å². The molecular formula is C16H11F3O2. The van der Waals surface area contributed by atoms with Crippen LogP contribution in [0.1, 0.15) is 15.9 Å². The average Bonchev–Trinajstić information content (AvgIpc) is 2.44. The van der Waals surface area contributed by atoms with Crippen LogP contribution in [-0.2, 0) is 0 Å². The number of halogens is 3. The van der Waals surface area contributed by atoms with Gasteiger partial charge in [0.1, 0.15) is 5.75 Å². The Labute approximate surface area is 119 Å². The second-order valence-corrected chi connectivity index (χ2v) is 4.18. The summed E-state index contributed by atoms with van der Waals surface area (Å²) in [6, 6.07) is 14.0. The monoisotopic (exact) mass is 292 g/mol. The zero-order valence-corrected chi connectivity index (χ0v) is 10.8. The topological polar surface area (TPSA) is 26.3 Å². The van der Waals surface area contributed by atoms with Crippen LogP contribution in [0.3, 0.4) is 0 Å². The van der Waals surface area contributed by atoms with Crippen LogP contribution < -0.4 is 4.74 Å². The molecule has 0 saturated heterocycles. The van der Waals surface area contributed by atoms with Gasteiger partial charge in [-0.05, 0) is 23.8 Å². The predicted octanol–water partition coefficient (Wildman–Crippen LogP) is 4.48. The van der Waals surface area contributed by atoms with Crippen LogP contribution in [-0.4, -0.2) is 12.1 Å². The van der Waals surface area contributed by atoms with Gasteiger partial charge in [0.05, 0.1) is 0 Å². The van der Waals surface area contributed by atoms with E-state index in [4.69, 9.17) is 0 Å². The molecule has 108 valence electrons. The van der Waals surface area contributed by atoms with E-state index in [2.05, 4.69) is 4.74 Å². The molecular weight excluding hydrogens is 281 g/mol. The normalized spacial score (nSPS) is 11.6. The highest BCUT2D eigenvalue weighted by molar-refractivity contribution is 6.06. The summed E-state index contributed by atoms with van der Waals surface area (Å²) in [5, 5.41) is 0. The standard InChI is InChI=1S/C16H11F3O2/c17-16(18,19)21-14-8-4-5-12(11-14)9-10-15(20)13-6-2-1-3-7-13/h1-11H/b10-9+. The highest BCUT2D eigenvalue weighted by atomic mass is 19.4. The lowest BCUT2D eigenvalue weighted by Crippen LogP contribution is -2.17. The first kappa shape index (κ1) is 14.8. The molecule has 21 heavy (non-hydrogen) atoms. The Morgan fingerprint density at radius 2 is 1.71 bits per heavy atom. The second-order valence-electron chi connectivity index (χ2n) is 4.18. The minimum atomic E-state index is -4.73.